The second-order valence-electron chi connectivity index (χ2n) is 8.83. The summed E-state index contributed by atoms with van der Waals surface area (Å²) in [4.78, 5) is 25.8. The number of amides is 1. The van der Waals surface area contributed by atoms with Crippen LogP contribution < -0.4 is 15.6 Å². The summed E-state index contributed by atoms with van der Waals surface area (Å²) >= 11 is 0. The van der Waals surface area contributed by atoms with Crippen molar-refractivity contribution in [3.05, 3.63) is 70.1 Å². The van der Waals surface area contributed by atoms with E-state index in [-0.39, 0.29) is 36.0 Å². The summed E-state index contributed by atoms with van der Waals surface area (Å²) in [7, 11) is 0. The number of carbonyl (C=O) groups is 1. The van der Waals surface area contributed by atoms with Crippen molar-refractivity contribution in [1.82, 2.24) is 4.57 Å². The topological polar surface area (TPSA) is 60.3 Å². The molecule has 5 nitrogen and oxygen atoms in total. The first-order valence-corrected chi connectivity index (χ1v) is 10.9. The van der Waals surface area contributed by atoms with Gasteiger partial charge in [0.05, 0.1) is 6.10 Å². The number of anilines is 1. The maximum absolute atomic E-state index is 12.9. The van der Waals surface area contributed by atoms with Crippen LogP contribution >= 0.6 is 0 Å². The second-order valence-corrected chi connectivity index (χ2v) is 8.83. The van der Waals surface area contributed by atoms with E-state index in [2.05, 4.69) is 33.0 Å². The summed E-state index contributed by atoms with van der Waals surface area (Å²) in [5, 5.41) is 4.44. The van der Waals surface area contributed by atoms with Gasteiger partial charge in [-0.15, -0.1) is 0 Å². The number of benzene rings is 2. The van der Waals surface area contributed by atoms with Gasteiger partial charge in [0, 0.05) is 17.3 Å². The Morgan fingerprint density at radius 1 is 0.968 bits per heavy atom. The quantitative estimate of drug-likeness (QED) is 0.535. The minimum Gasteiger partial charge on any atom is -0.491 e. The van der Waals surface area contributed by atoms with Gasteiger partial charge in [0.25, 0.3) is 5.56 Å². The molecule has 1 N–H and O–H groups in total. The fourth-order valence-electron chi connectivity index (χ4n) is 3.77. The Labute approximate surface area is 184 Å². The van der Waals surface area contributed by atoms with Gasteiger partial charge in [0.2, 0.25) is 5.91 Å². The lowest BCUT2D eigenvalue weighted by Gasteiger charge is -2.20. The second kappa shape index (κ2) is 9.38. The van der Waals surface area contributed by atoms with Crippen molar-refractivity contribution in [2.75, 3.05) is 5.32 Å². The third-order valence-corrected chi connectivity index (χ3v) is 5.27. The zero-order valence-electron chi connectivity index (χ0n) is 19.2. The van der Waals surface area contributed by atoms with Crippen LogP contribution in [0.15, 0.2) is 53.5 Å². The highest BCUT2D eigenvalue weighted by molar-refractivity contribution is 5.93. The number of carbonyl (C=O) groups excluding carboxylic acids is 1. The lowest BCUT2D eigenvalue weighted by atomic mass is 9.92. The van der Waals surface area contributed by atoms with Gasteiger partial charge in [0.15, 0.2) is 0 Å². The van der Waals surface area contributed by atoms with Gasteiger partial charge in [0.1, 0.15) is 12.3 Å². The largest absolute Gasteiger partial charge is 0.491 e. The van der Waals surface area contributed by atoms with E-state index in [0.29, 0.717) is 5.39 Å². The van der Waals surface area contributed by atoms with Gasteiger partial charge in [-0.3, -0.25) is 9.59 Å². The molecule has 0 fully saturated rings. The summed E-state index contributed by atoms with van der Waals surface area (Å²) in [5.74, 6) is 1.07. The fourth-order valence-corrected chi connectivity index (χ4v) is 3.77. The molecule has 5 heteroatoms. The number of pyridine rings is 1. The van der Waals surface area contributed by atoms with E-state index in [9.17, 15) is 9.59 Å². The molecule has 164 valence electrons. The monoisotopic (exact) mass is 420 g/mol. The molecule has 0 saturated carbocycles. The minimum absolute atomic E-state index is 0.0387. The molecule has 0 radical (unpaired) electrons. The number of fused-ring (bicyclic) bond motifs is 1. The lowest BCUT2D eigenvalue weighted by molar-refractivity contribution is -0.116. The Kier molecular flexibility index (Phi) is 6.84. The molecule has 0 aliphatic carbocycles. The van der Waals surface area contributed by atoms with E-state index in [0.717, 1.165) is 28.0 Å². The van der Waals surface area contributed by atoms with Crippen LogP contribution in [-0.4, -0.2) is 16.6 Å². The summed E-state index contributed by atoms with van der Waals surface area (Å²) in [6, 6.07) is 13.4. The molecule has 3 rings (SSSR count). The summed E-state index contributed by atoms with van der Waals surface area (Å²) in [5.41, 5.74) is 2.87. The predicted molar refractivity (Wildman–Crippen MR) is 127 cm³/mol. The molecule has 0 spiro atoms. The van der Waals surface area contributed by atoms with Gasteiger partial charge in [-0.1, -0.05) is 45.9 Å². The first-order valence-electron chi connectivity index (χ1n) is 10.9. The van der Waals surface area contributed by atoms with Gasteiger partial charge in [-0.25, -0.2) is 0 Å². The molecular weight excluding hydrogens is 388 g/mol. The van der Waals surface area contributed by atoms with Gasteiger partial charge in [-0.2, -0.15) is 0 Å². The van der Waals surface area contributed by atoms with Crippen LogP contribution in [0.1, 0.15) is 64.5 Å². The van der Waals surface area contributed by atoms with Crippen LogP contribution in [0.5, 0.6) is 5.75 Å². The van der Waals surface area contributed by atoms with Crippen molar-refractivity contribution in [2.45, 2.75) is 66.0 Å². The highest BCUT2D eigenvalue weighted by atomic mass is 16.5. The number of hydrogen-bond acceptors (Lipinski definition) is 3. The Morgan fingerprint density at radius 3 is 2.19 bits per heavy atom. The zero-order valence-corrected chi connectivity index (χ0v) is 19.2. The number of aromatic nitrogens is 1. The molecule has 0 bridgehead atoms. The predicted octanol–water partition coefficient (Wildman–Crippen LogP) is 5.67. The Bertz CT molecular complexity index is 1120. The smallest absolute Gasteiger partial charge is 0.258 e. The van der Waals surface area contributed by atoms with Crippen LogP contribution in [0.25, 0.3) is 10.8 Å². The molecule has 0 atom stereocenters. The maximum Gasteiger partial charge on any atom is 0.258 e. The van der Waals surface area contributed by atoms with Crippen molar-refractivity contribution in [1.29, 1.82) is 0 Å². The lowest BCUT2D eigenvalue weighted by Crippen LogP contribution is -2.28. The summed E-state index contributed by atoms with van der Waals surface area (Å²) in [6.07, 6.45) is 1.73. The SMILES string of the molecule is CC(C)Oc1ccc2c(=O)n(CC(=O)Nc3c(C(C)C)cccc3C(C)C)ccc2c1. The van der Waals surface area contributed by atoms with E-state index in [1.165, 1.54) is 4.57 Å². The average Bonchev–Trinajstić information content (AvgIpc) is 2.69. The van der Waals surface area contributed by atoms with Crippen LogP contribution in [0.2, 0.25) is 0 Å². The zero-order chi connectivity index (χ0) is 22.7. The Morgan fingerprint density at radius 2 is 1.61 bits per heavy atom. The number of nitrogens with one attached hydrogen (secondary N) is 1. The molecule has 0 saturated heterocycles. The third-order valence-electron chi connectivity index (χ3n) is 5.27. The molecule has 1 aromatic heterocycles. The fraction of sp³-hybridized carbons (Fsp3) is 0.385. The standard InChI is InChI=1S/C26H32N2O3/c1-16(2)21-8-7-9-22(17(3)4)25(21)27-24(29)15-28-13-12-19-14-20(31-18(5)6)10-11-23(19)26(28)30/h7-14,16-18H,15H2,1-6H3,(H,27,29). The van der Waals surface area contributed by atoms with Gasteiger partial charge in [-0.05, 0) is 66.5 Å². The Hall–Kier alpha value is -3.08. The van der Waals surface area contributed by atoms with E-state index in [4.69, 9.17) is 4.74 Å². The number of para-hydroxylation sites is 1. The van der Waals surface area contributed by atoms with E-state index in [1.54, 1.807) is 18.3 Å². The summed E-state index contributed by atoms with van der Waals surface area (Å²) in [6.45, 7) is 12.3. The minimum atomic E-state index is -0.212. The molecule has 31 heavy (non-hydrogen) atoms. The number of nitrogens with zero attached hydrogens (tertiary/aromatic N) is 1. The molecular formula is C26H32N2O3. The van der Waals surface area contributed by atoms with E-state index in [1.807, 2.05) is 44.2 Å². The molecule has 0 aliphatic heterocycles. The normalized spacial score (nSPS) is 11.5. The number of hydrogen-bond donors (Lipinski definition) is 1. The number of rotatable bonds is 7. The van der Waals surface area contributed by atoms with Crippen molar-refractivity contribution in [2.24, 2.45) is 0 Å². The van der Waals surface area contributed by atoms with E-state index >= 15 is 0 Å². The molecule has 0 unspecified atom stereocenters. The maximum atomic E-state index is 12.9. The first kappa shape index (κ1) is 22.6. The van der Waals surface area contributed by atoms with E-state index < -0.39 is 0 Å². The van der Waals surface area contributed by atoms with Crippen molar-refractivity contribution < 1.29 is 9.53 Å². The van der Waals surface area contributed by atoms with Gasteiger partial charge >= 0.3 is 0 Å². The highest BCUT2D eigenvalue weighted by Gasteiger charge is 2.17. The third kappa shape index (κ3) is 5.16. The van der Waals surface area contributed by atoms with Crippen LogP contribution in [0.3, 0.4) is 0 Å². The van der Waals surface area contributed by atoms with Crippen LogP contribution in [0, 0.1) is 0 Å². The number of ether oxygens (including phenoxy) is 1. The highest BCUT2D eigenvalue weighted by Crippen LogP contribution is 2.32. The van der Waals surface area contributed by atoms with Crippen molar-refractivity contribution in [3.63, 3.8) is 0 Å². The average molecular weight is 421 g/mol. The van der Waals surface area contributed by atoms with Crippen LogP contribution in [0.4, 0.5) is 5.69 Å². The first-order chi connectivity index (χ1) is 14.7. The molecule has 3 aromatic rings. The van der Waals surface area contributed by atoms with Crippen molar-refractivity contribution in [3.8, 4) is 5.75 Å². The van der Waals surface area contributed by atoms with Crippen LogP contribution in [-0.2, 0) is 11.3 Å². The summed E-state index contributed by atoms with van der Waals surface area (Å²) < 4.78 is 7.16. The molecule has 0 aliphatic rings. The molecule has 2 aromatic carbocycles. The van der Waals surface area contributed by atoms with Crippen molar-refractivity contribution >= 4 is 22.4 Å². The molecule has 1 heterocycles. The molecule has 1 amide bonds. The Balaban J connectivity index is 1.88. The van der Waals surface area contributed by atoms with Gasteiger partial charge < -0.3 is 14.6 Å².